The molecule has 4 aromatic carbocycles. The molecule has 4 aromatic rings. The quantitative estimate of drug-likeness (QED) is 0.176. The van der Waals surface area contributed by atoms with Crippen molar-refractivity contribution >= 4 is 27.5 Å². The highest BCUT2D eigenvalue weighted by molar-refractivity contribution is 7.92. The summed E-state index contributed by atoms with van der Waals surface area (Å²) in [6, 6.07) is 27.5. The zero-order valence-electron chi connectivity index (χ0n) is 27.6. The van der Waals surface area contributed by atoms with Gasteiger partial charge in [0, 0.05) is 25.6 Å². The number of nitrogens with one attached hydrogen (secondary N) is 1. The highest BCUT2D eigenvalue weighted by atomic mass is 32.2. The standard InChI is InChI=1S/C37H43N3O6S/c1-6-21-38-37(42)33(23-29-12-8-7-9-13-29)39(25-30-14-10-11-28(3)22-30)36(41)26-40(31-17-15-27(2)16-18-31)47(43,44)32-19-20-34(45-4)35(24-32)46-5/h7-20,22,24,33H,6,21,23,25-26H2,1-5H3,(H,38,42)/t33-/m1/s1. The number of methoxy groups -OCH3 is 2. The van der Waals surface area contributed by atoms with Crippen LogP contribution in [0, 0.1) is 13.8 Å². The van der Waals surface area contributed by atoms with Crippen LogP contribution in [0.15, 0.2) is 102 Å². The van der Waals surface area contributed by atoms with Gasteiger partial charge in [-0.2, -0.15) is 0 Å². The maximum atomic E-state index is 14.6. The predicted molar refractivity (Wildman–Crippen MR) is 184 cm³/mol. The molecule has 0 spiro atoms. The minimum atomic E-state index is -4.30. The van der Waals surface area contributed by atoms with E-state index >= 15 is 0 Å². The number of ether oxygens (including phenoxy) is 2. The Labute approximate surface area is 278 Å². The Bertz CT molecular complexity index is 1760. The van der Waals surface area contributed by atoms with Gasteiger partial charge in [-0.05, 0) is 55.7 Å². The number of carbonyl (C=O) groups excluding carboxylic acids is 2. The van der Waals surface area contributed by atoms with Crippen molar-refractivity contribution in [3.63, 3.8) is 0 Å². The van der Waals surface area contributed by atoms with Gasteiger partial charge in [0.05, 0.1) is 24.8 Å². The molecule has 0 aliphatic rings. The van der Waals surface area contributed by atoms with E-state index in [9.17, 15) is 18.0 Å². The summed E-state index contributed by atoms with van der Waals surface area (Å²) in [5, 5.41) is 2.97. The lowest BCUT2D eigenvalue weighted by molar-refractivity contribution is -0.140. The number of hydrogen-bond acceptors (Lipinski definition) is 6. The van der Waals surface area contributed by atoms with Crippen LogP contribution in [0.25, 0.3) is 0 Å². The van der Waals surface area contributed by atoms with Gasteiger partial charge in [-0.25, -0.2) is 8.42 Å². The largest absolute Gasteiger partial charge is 0.493 e. The van der Waals surface area contributed by atoms with E-state index in [4.69, 9.17) is 9.47 Å². The molecule has 2 amide bonds. The first-order valence-electron chi connectivity index (χ1n) is 15.6. The minimum Gasteiger partial charge on any atom is -0.493 e. The summed E-state index contributed by atoms with van der Waals surface area (Å²) in [6.07, 6.45) is 0.974. The lowest BCUT2D eigenvalue weighted by atomic mass is 10.0. The number of hydrogen-bond donors (Lipinski definition) is 1. The Balaban J connectivity index is 1.82. The zero-order chi connectivity index (χ0) is 34.0. The first-order valence-corrected chi connectivity index (χ1v) is 17.0. The molecule has 0 unspecified atom stereocenters. The second kappa shape index (κ2) is 16.1. The molecular weight excluding hydrogens is 614 g/mol. The van der Waals surface area contributed by atoms with Crippen LogP contribution in [0.1, 0.15) is 35.6 Å². The highest BCUT2D eigenvalue weighted by Crippen LogP contribution is 2.32. The van der Waals surface area contributed by atoms with Gasteiger partial charge in [-0.3, -0.25) is 13.9 Å². The lowest BCUT2D eigenvalue weighted by Gasteiger charge is -2.34. The second-order valence-electron chi connectivity index (χ2n) is 11.4. The number of carbonyl (C=O) groups is 2. The van der Waals surface area contributed by atoms with E-state index in [0.29, 0.717) is 18.0 Å². The van der Waals surface area contributed by atoms with Crippen molar-refractivity contribution in [2.45, 2.75) is 51.1 Å². The molecule has 9 nitrogen and oxygen atoms in total. The normalized spacial score (nSPS) is 11.8. The molecule has 1 N–H and O–H groups in total. The van der Waals surface area contributed by atoms with E-state index in [1.165, 1.54) is 37.3 Å². The van der Waals surface area contributed by atoms with E-state index < -0.39 is 28.5 Å². The minimum absolute atomic E-state index is 0.0738. The van der Waals surface area contributed by atoms with Gasteiger partial charge < -0.3 is 19.7 Å². The molecular formula is C37H43N3O6S. The molecule has 0 aromatic heterocycles. The van der Waals surface area contributed by atoms with Gasteiger partial charge in [-0.1, -0.05) is 84.8 Å². The SMILES string of the molecule is CCCNC(=O)[C@@H](Cc1ccccc1)N(Cc1cccc(C)c1)C(=O)CN(c1ccc(C)cc1)S(=O)(=O)c1ccc(OC)c(OC)c1. The molecule has 0 aliphatic heterocycles. The van der Waals surface area contributed by atoms with Crippen molar-refractivity contribution in [2.75, 3.05) is 31.6 Å². The second-order valence-corrected chi connectivity index (χ2v) is 13.2. The first-order chi connectivity index (χ1) is 22.6. The van der Waals surface area contributed by atoms with E-state index in [-0.39, 0.29) is 29.5 Å². The third-order valence-electron chi connectivity index (χ3n) is 7.80. The van der Waals surface area contributed by atoms with Crippen LogP contribution in [-0.2, 0) is 32.6 Å². The van der Waals surface area contributed by atoms with Crippen molar-refractivity contribution in [2.24, 2.45) is 0 Å². The molecule has 248 valence electrons. The molecule has 4 rings (SSSR count). The van der Waals surface area contributed by atoms with Gasteiger partial charge in [0.1, 0.15) is 12.6 Å². The number of nitrogens with zero attached hydrogens (tertiary/aromatic N) is 2. The zero-order valence-corrected chi connectivity index (χ0v) is 28.4. The summed E-state index contributed by atoms with van der Waals surface area (Å²) in [4.78, 5) is 29.8. The molecule has 0 saturated carbocycles. The average Bonchev–Trinajstić information content (AvgIpc) is 3.08. The van der Waals surface area contributed by atoms with Gasteiger partial charge in [0.2, 0.25) is 11.8 Å². The van der Waals surface area contributed by atoms with Crippen molar-refractivity contribution in [1.29, 1.82) is 0 Å². The van der Waals surface area contributed by atoms with E-state index in [1.54, 1.807) is 24.3 Å². The van der Waals surface area contributed by atoms with Crippen LogP contribution < -0.4 is 19.1 Å². The van der Waals surface area contributed by atoms with Gasteiger partial charge in [0.25, 0.3) is 10.0 Å². The van der Waals surface area contributed by atoms with Gasteiger partial charge in [-0.15, -0.1) is 0 Å². The number of rotatable bonds is 15. The summed E-state index contributed by atoms with van der Waals surface area (Å²) in [5.41, 5.74) is 3.94. The summed E-state index contributed by atoms with van der Waals surface area (Å²) < 4.78 is 40.5. The summed E-state index contributed by atoms with van der Waals surface area (Å²) in [7, 11) is -1.41. The third-order valence-corrected chi connectivity index (χ3v) is 9.57. The van der Waals surface area contributed by atoms with Crippen molar-refractivity contribution in [1.82, 2.24) is 10.2 Å². The Hall–Kier alpha value is -4.83. The molecule has 0 fully saturated rings. The van der Waals surface area contributed by atoms with E-state index in [2.05, 4.69) is 5.32 Å². The first kappa shape index (κ1) is 35.0. The van der Waals surface area contributed by atoms with Crippen LogP contribution in [0.5, 0.6) is 11.5 Å². The molecule has 0 bridgehead atoms. The van der Waals surface area contributed by atoms with Gasteiger partial charge in [0.15, 0.2) is 11.5 Å². The van der Waals surface area contributed by atoms with Crippen LogP contribution in [0.2, 0.25) is 0 Å². The Morgan fingerprint density at radius 3 is 2.11 bits per heavy atom. The predicted octanol–water partition coefficient (Wildman–Crippen LogP) is 5.68. The molecule has 0 heterocycles. The van der Waals surface area contributed by atoms with Gasteiger partial charge >= 0.3 is 0 Å². The monoisotopic (exact) mass is 657 g/mol. The van der Waals surface area contributed by atoms with Crippen molar-refractivity contribution in [3.8, 4) is 11.5 Å². The Kier molecular flexibility index (Phi) is 12.0. The number of anilines is 1. The smallest absolute Gasteiger partial charge is 0.264 e. The summed E-state index contributed by atoms with van der Waals surface area (Å²) in [6.45, 7) is 5.82. The fourth-order valence-corrected chi connectivity index (χ4v) is 6.70. The third kappa shape index (κ3) is 8.92. The molecule has 10 heteroatoms. The molecule has 0 saturated heterocycles. The van der Waals surface area contributed by atoms with Crippen LogP contribution in [0.4, 0.5) is 5.69 Å². The summed E-state index contributed by atoms with van der Waals surface area (Å²) in [5.74, 6) is -0.221. The van der Waals surface area contributed by atoms with Crippen LogP contribution >= 0.6 is 0 Å². The fourth-order valence-electron chi connectivity index (χ4n) is 5.27. The van der Waals surface area contributed by atoms with Crippen molar-refractivity contribution in [3.05, 3.63) is 119 Å². The van der Waals surface area contributed by atoms with Crippen LogP contribution in [0.3, 0.4) is 0 Å². The topological polar surface area (TPSA) is 105 Å². The number of amides is 2. The van der Waals surface area contributed by atoms with Crippen molar-refractivity contribution < 1.29 is 27.5 Å². The highest BCUT2D eigenvalue weighted by Gasteiger charge is 2.35. The Morgan fingerprint density at radius 1 is 0.787 bits per heavy atom. The lowest BCUT2D eigenvalue weighted by Crippen LogP contribution is -2.53. The number of benzene rings is 4. The van der Waals surface area contributed by atoms with Crippen LogP contribution in [-0.4, -0.2) is 58.5 Å². The van der Waals surface area contributed by atoms with E-state index in [0.717, 1.165) is 33.0 Å². The summed E-state index contributed by atoms with van der Waals surface area (Å²) >= 11 is 0. The Morgan fingerprint density at radius 2 is 1.47 bits per heavy atom. The fraction of sp³-hybridized carbons (Fsp3) is 0.297. The molecule has 0 aliphatic carbocycles. The van der Waals surface area contributed by atoms with E-state index in [1.807, 2.05) is 75.4 Å². The number of aryl methyl sites for hydroxylation is 2. The number of sulfonamides is 1. The maximum absolute atomic E-state index is 14.6. The molecule has 1 atom stereocenters. The molecule has 0 radical (unpaired) electrons. The maximum Gasteiger partial charge on any atom is 0.264 e. The molecule has 47 heavy (non-hydrogen) atoms. The average molecular weight is 658 g/mol.